The van der Waals surface area contributed by atoms with Crippen LogP contribution in [0.2, 0.25) is 0 Å². The summed E-state index contributed by atoms with van der Waals surface area (Å²) in [5.41, 5.74) is 6.28. The molecule has 0 spiro atoms. The highest BCUT2D eigenvalue weighted by Crippen LogP contribution is 2.42. The number of nitro benzene ring substituents is 1. The van der Waals surface area contributed by atoms with Crippen molar-refractivity contribution >= 4 is 46.5 Å². The second-order valence-corrected chi connectivity index (χ2v) is 18.0. The van der Waals surface area contributed by atoms with E-state index in [4.69, 9.17) is 18.9 Å². The van der Waals surface area contributed by atoms with Crippen molar-refractivity contribution in [1.29, 1.82) is 0 Å². The number of non-ortho nitro benzene ring substituents is 1. The number of aryl methyl sites for hydroxylation is 1. The lowest BCUT2D eigenvalue weighted by molar-refractivity contribution is -0.385. The number of aliphatic hydroxyl groups excluding tert-OH is 1. The number of benzene rings is 3. The van der Waals surface area contributed by atoms with Gasteiger partial charge < -0.3 is 39.6 Å². The molecule has 15 nitrogen and oxygen atoms in total. The van der Waals surface area contributed by atoms with Gasteiger partial charge in [-0.15, -0.1) is 11.3 Å². The molecule has 0 radical (unpaired) electrons. The number of β-amino-alcohol motifs (C(OH)–C–C–N with tert-alkyl or cyclic N) is 1. The standard InChI is InChI=1S/C44H53N5O10S2/c1-27(29-6-8-30(9-7-29)40-28(2)45-26-60-40)46-42(52)36-22-34(50)24-48(36)43(53)41(44(3,4)5)47-39(51)25-58-17-16-56-14-15-57-18-19-59-35-13-11-32-20-31-10-12-33(49(54)55)21-37(31)61-38(32)23-35/h6-13,21,23,26-27,34,36,41,50H,14-20,22,24-25H2,1-5H3,(H,46,52)(H,47,51)/t27-,34+,36-,41+/m0/s1. The predicted molar refractivity (Wildman–Crippen MR) is 231 cm³/mol. The summed E-state index contributed by atoms with van der Waals surface area (Å²) in [4.78, 5) is 60.0. The molecule has 2 aliphatic rings. The third-order valence-corrected chi connectivity index (χ3v) is 12.6. The van der Waals surface area contributed by atoms with Gasteiger partial charge in [-0.25, -0.2) is 4.98 Å². The van der Waals surface area contributed by atoms with Crippen LogP contribution in [0.5, 0.6) is 5.75 Å². The van der Waals surface area contributed by atoms with Crippen LogP contribution < -0.4 is 15.4 Å². The lowest BCUT2D eigenvalue weighted by Crippen LogP contribution is -2.58. The molecule has 1 saturated heterocycles. The maximum atomic E-state index is 14.0. The highest BCUT2D eigenvalue weighted by molar-refractivity contribution is 7.99. The van der Waals surface area contributed by atoms with Crippen LogP contribution >= 0.6 is 23.1 Å². The highest BCUT2D eigenvalue weighted by atomic mass is 32.2. The van der Waals surface area contributed by atoms with E-state index in [-0.39, 0.29) is 55.3 Å². The number of likely N-dealkylation sites (tertiary alicyclic amines) is 1. The summed E-state index contributed by atoms with van der Waals surface area (Å²) >= 11 is 3.07. The zero-order valence-corrected chi connectivity index (χ0v) is 36.6. The lowest BCUT2D eigenvalue weighted by Gasteiger charge is -2.35. The summed E-state index contributed by atoms with van der Waals surface area (Å²) in [6.07, 6.45) is -0.0902. The maximum Gasteiger partial charge on any atom is 0.270 e. The fourth-order valence-corrected chi connectivity index (χ4v) is 9.07. The molecule has 3 heterocycles. The number of carbonyl (C=O) groups excluding carboxylic acids is 3. The molecule has 6 rings (SSSR count). The molecule has 17 heteroatoms. The molecule has 326 valence electrons. The van der Waals surface area contributed by atoms with Gasteiger partial charge in [0.25, 0.3) is 5.69 Å². The molecule has 61 heavy (non-hydrogen) atoms. The highest BCUT2D eigenvalue weighted by Gasteiger charge is 2.44. The van der Waals surface area contributed by atoms with E-state index in [2.05, 4.69) is 15.6 Å². The Hall–Kier alpha value is -4.91. The monoisotopic (exact) mass is 875 g/mol. The van der Waals surface area contributed by atoms with Gasteiger partial charge >= 0.3 is 0 Å². The zero-order valence-electron chi connectivity index (χ0n) is 35.0. The third kappa shape index (κ3) is 12.1. The van der Waals surface area contributed by atoms with Crippen LogP contribution in [0.15, 0.2) is 76.0 Å². The molecule has 3 N–H and O–H groups in total. The zero-order chi connectivity index (χ0) is 43.7. The Morgan fingerprint density at radius 2 is 1.59 bits per heavy atom. The average Bonchev–Trinajstić information content (AvgIpc) is 3.85. The van der Waals surface area contributed by atoms with E-state index in [1.165, 1.54) is 22.7 Å². The number of thiazole rings is 1. The second kappa shape index (κ2) is 20.8. The Labute approximate surface area is 363 Å². The van der Waals surface area contributed by atoms with Crippen LogP contribution in [0, 0.1) is 22.5 Å². The van der Waals surface area contributed by atoms with Crippen LogP contribution in [-0.2, 0) is 35.0 Å². The van der Waals surface area contributed by atoms with Gasteiger partial charge in [0.2, 0.25) is 17.7 Å². The number of carbonyl (C=O) groups is 3. The topological polar surface area (TPSA) is 192 Å². The number of nitrogens with one attached hydrogen (secondary N) is 2. The largest absolute Gasteiger partial charge is 0.491 e. The summed E-state index contributed by atoms with van der Waals surface area (Å²) in [7, 11) is 0. The quantitative estimate of drug-likeness (QED) is 0.0508. The van der Waals surface area contributed by atoms with E-state index in [0.29, 0.717) is 38.6 Å². The van der Waals surface area contributed by atoms with Gasteiger partial charge in [0.05, 0.1) is 66.2 Å². The number of nitrogens with zero attached hydrogens (tertiary/aromatic N) is 3. The molecule has 4 aromatic rings. The van der Waals surface area contributed by atoms with Gasteiger partial charge in [0.1, 0.15) is 31.0 Å². The van der Waals surface area contributed by atoms with Gasteiger partial charge in [-0.3, -0.25) is 24.5 Å². The predicted octanol–water partition coefficient (Wildman–Crippen LogP) is 5.88. The van der Waals surface area contributed by atoms with Gasteiger partial charge in [-0.2, -0.15) is 0 Å². The van der Waals surface area contributed by atoms with Gasteiger partial charge in [0.15, 0.2) is 0 Å². The molecule has 0 unspecified atom stereocenters. The smallest absolute Gasteiger partial charge is 0.270 e. The fraction of sp³-hybridized carbons (Fsp3) is 0.455. The Bertz CT molecular complexity index is 2180. The summed E-state index contributed by atoms with van der Waals surface area (Å²) in [5.74, 6) is -0.635. The molecule has 3 amide bonds. The van der Waals surface area contributed by atoms with Crippen LogP contribution in [0.4, 0.5) is 5.69 Å². The van der Waals surface area contributed by atoms with Crippen LogP contribution in [-0.4, -0.2) is 109 Å². The average molecular weight is 876 g/mol. The summed E-state index contributed by atoms with van der Waals surface area (Å²) in [5, 5.41) is 27.6. The molecule has 1 aromatic heterocycles. The SMILES string of the molecule is Cc1ncsc1-c1ccc([C@H](C)NC(=O)[C@@H]2C[C@@H](O)CN2C(=O)[C@@H](NC(=O)COCCOCCOCCOc2ccc3c(c2)Sc2cc([N+](=O)[O-])ccc2C3)C(C)(C)C)cc1. The molecule has 1 fully saturated rings. The Kier molecular flexibility index (Phi) is 15.5. The van der Waals surface area contributed by atoms with E-state index in [1.54, 1.807) is 17.4 Å². The van der Waals surface area contributed by atoms with E-state index < -0.39 is 35.4 Å². The van der Waals surface area contributed by atoms with Gasteiger partial charge in [-0.05, 0) is 60.1 Å². The first-order chi connectivity index (χ1) is 29.2. The molecule has 0 aliphatic carbocycles. The van der Waals surface area contributed by atoms with Crippen molar-refractivity contribution < 1.29 is 43.4 Å². The fourth-order valence-electron chi connectivity index (χ4n) is 7.13. The van der Waals surface area contributed by atoms with Gasteiger partial charge in [-0.1, -0.05) is 68.9 Å². The number of aliphatic hydroxyl groups is 1. The molecule has 4 atom stereocenters. The maximum absolute atomic E-state index is 14.0. The number of amides is 3. The summed E-state index contributed by atoms with van der Waals surface area (Å²) in [6.45, 7) is 10.7. The Morgan fingerprint density at radius 3 is 2.25 bits per heavy atom. The molecular formula is C44H53N5O10S2. The van der Waals surface area contributed by atoms with E-state index in [1.807, 2.05) is 88.7 Å². The first-order valence-electron chi connectivity index (χ1n) is 20.2. The molecule has 0 bridgehead atoms. The van der Waals surface area contributed by atoms with Crippen molar-refractivity contribution in [1.82, 2.24) is 20.5 Å². The van der Waals surface area contributed by atoms with Crippen molar-refractivity contribution in [2.75, 3.05) is 52.8 Å². The number of hydrogen-bond donors (Lipinski definition) is 3. The third-order valence-electron chi connectivity index (χ3n) is 10.4. The number of ether oxygens (including phenoxy) is 4. The minimum Gasteiger partial charge on any atom is -0.491 e. The van der Waals surface area contributed by atoms with Gasteiger partial charge in [0, 0.05) is 34.9 Å². The number of hydrogen-bond acceptors (Lipinski definition) is 13. The number of nitro groups is 1. The van der Waals surface area contributed by atoms with Crippen LogP contribution in [0.3, 0.4) is 0 Å². The first-order valence-corrected chi connectivity index (χ1v) is 21.9. The Morgan fingerprint density at radius 1 is 0.934 bits per heavy atom. The molecule has 0 saturated carbocycles. The lowest BCUT2D eigenvalue weighted by atomic mass is 9.85. The van der Waals surface area contributed by atoms with Crippen molar-refractivity contribution in [3.8, 4) is 16.2 Å². The van der Waals surface area contributed by atoms with Crippen molar-refractivity contribution in [2.45, 2.75) is 81.5 Å². The Balaban J connectivity index is 0.865. The summed E-state index contributed by atoms with van der Waals surface area (Å²) in [6, 6.07) is 16.5. The van der Waals surface area contributed by atoms with E-state index in [9.17, 15) is 29.6 Å². The summed E-state index contributed by atoms with van der Waals surface area (Å²) < 4.78 is 22.6. The first kappa shape index (κ1) is 45.6. The van der Waals surface area contributed by atoms with E-state index in [0.717, 1.165) is 42.6 Å². The number of fused-ring (bicyclic) bond motifs is 2. The minimum atomic E-state index is -0.975. The van der Waals surface area contributed by atoms with Crippen molar-refractivity contribution in [3.63, 3.8) is 0 Å². The molecular weight excluding hydrogens is 823 g/mol. The molecule has 2 aliphatic heterocycles. The number of rotatable bonds is 19. The van der Waals surface area contributed by atoms with Crippen molar-refractivity contribution in [3.05, 3.63) is 98.7 Å². The number of aromatic nitrogens is 1. The van der Waals surface area contributed by atoms with E-state index >= 15 is 0 Å². The minimum absolute atomic E-state index is 0.0255. The second-order valence-electron chi connectivity index (χ2n) is 16.1. The normalized spacial score (nSPS) is 16.9. The molecule has 3 aromatic carbocycles. The van der Waals surface area contributed by atoms with Crippen LogP contribution in [0.1, 0.15) is 62.5 Å². The van der Waals surface area contributed by atoms with Crippen LogP contribution in [0.25, 0.3) is 10.4 Å². The van der Waals surface area contributed by atoms with Crippen molar-refractivity contribution in [2.24, 2.45) is 5.41 Å².